The van der Waals surface area contributed by atoms with E-state index < -0.39 is 10.0 Å². The second kappa shape index (κ2) is 5.26. The number of furan rings is 1. The second-order valence-corrected chi connectivity index (χ2v) is 6.98. The SMILES string of the molecule is CCC1CCN(S(=O)(=O)c2c(C)oc(C)c2CO)C1. The maximum atomic E-state index is 12.7. The molecule has 1 aliphatic heterocycles. The first-order valence-electron chi connectivity index (χ1n) is 6.61. The van der Waals surface area contributed by atoms with Gasteiger partial charge in [-0.15, -0.1) is 0 Å². The summed E-state index contributed by atoms with van der Waals surface area (Å²) < 4.78 is 32.2. The highest BCUT2D eigenvalue weighted by atomic mass is 32.2. The van der Waals surface area contributed by atoms with Crippen LogP contribution in [0.1, 0.15) is 36.8 Å². The summed E-state index contributed by atoms with van der Waals surface area (Å²) in [6.45, 7) is 6.18. The van der Waals surface area contributed by atoms with Gasteiger partial charge in [-0.2, -0.15) is 4.31 Å². The van der Waals surface area contributed by atoms with E-state index in [0.29, 0.717) is 36.1 Å². The Bertz CT molecular complexity index is 561. The van der Waals surface area contributed by atoms with E-state index in [1.807, 2.05) is 0 Å². The normalized spacial score (nSPS) is 21.2. The van der Waals surface area contributed by atoms with Gasteiger partial charge in [0.25, 0.3) is 0 Å². The smallest absolute Gasteiger partial charge is 0.246 e. The van der Waals surface area contributed by atoms with Crippen LogP contribution in [0.5, 0.6) is 0 Å². The highest BCUT2D eigenvalue weighted by molar-refractivity contribution is 7.89. The molecule has 0 aliphatic carbocycles. The fraction of sp³-hybridized carbons (Fsp3) is 0.692. The second-order valence-electron chi connectivity index (χ2n) is 5.11. The van der Waals surface area contributed by atoms with Crippen LogP contribution in [0.25, 0.3) is 0 Å². The third-order valence-electron chi connectivity index (χ3n) is 3.91. The van der Waals surface area contributed by atoms with Crippen LogP contribution in [-0.4, -0.2) is 30.9 Å². The van der Waals surface area contributed by atoms with E-state index in [2.05, 4.69) is 6.92 Å². The summed E-state index contributed by atoms with van der Waals surface area (Å²) in [6, 6.07) is 0. The predicted octanol–water partition coefficient (Wildman–Crippen LogP) is 1.81. The number of hydrogen-bond acceptors (Lipinski definition) is 4. The molecule has 0 bridgehead atoms. The summed E-state index contributed by atoms with van der Waals surface area (Å²) in [5.74, 6) is 1.27. The Balaban J connectivity index is 2.41. The van der Waals surface area contributed by atoms with Crippen molar-refractivity contribution in [2.24, 2.45) is 5.92 Å². The minimum Gasteiger partial charge on any atom is -0.465 e. The molecule has 1 aliphatic rings. The average Bonchev–Trinajstić information content (AvgIpc) is 2.93. The fourth-order valence-corrected chi connectivity index (χ4v) is 4.64. The van der Waals surface area contributed by atoms with E-state index in [1.54, 1.807) is 13.8 Å². The van der Waals surface area contributed by atoms with E-state index in [-0.39, 0.29) is 11.5 Å². The van der Waals surface area contributed by atoms with Gasteiger partial charge < -0.3 is 9.52 Å². The van der Waals surface area contributed by atoms with Gasteiger partial charge in [-0.05, 0) is 26.2 Å². The molecule has 1 saturated heterocycles. The lowest BCUT2D eigenvalue weighted by molar-refractivity contribution is 0.276. The molecule has 1 fully saturated rings. The van der Waals surface area contributed by atoms with Crippen molar-refractivity contribution in [3.63, 3.8) is 0 Å². The molecule has 6 heteroatoms. The molecule has 0 spiro atoms. The predicted molar refractivity (Wildman–Crippen MR) is 71.3 cm³/mol. The molecule has 5 nitrogen and oxygen atoms in total. The number of sulfonamides is 1. The molecular weight excluding hydrogens is 266 g/mol. The Kier molecular flexibility index (Phi) is 4.03. The standard InChI is InChI=1S/C13H21NO4S/c1-4-11-5-6-14(7-11)19(16,17)13-10(3)18-9(2)12(13)8-15/h11,15H,4-8H2,1-3H3. The Labute approximate surface area is 114 Å². The van der Waals surface area contributed by atoms with Crippen molar-refractivity contribution in [2.45, 2.75) is 45.1 Å². The molecule has 1 N–H and O–H groups in total. The third kappa shape index (κ3) is 2.44. The van der Waals surface area contributed by atoms with Crippen LogP contribution in [0, 0.1) is 19.8 Å². The van der Waals surface area contributed by atoms with E-state index in [1.165, 1.54) is 4.31 Å². The van der Waals surface area contributed by atoms with Crippen molar-refractivity contribution in [1.29, 1.82) is 0 Å². The lowest BCUT2D eigenvalue weighted by Crippen LogP contribution is -2.29. The molecule has 0 amide bonds. The molecule has 1 atom stereocenters. The van der Waals surface area contributed by atoms with Gasteiger partial charge in [-0.1, -0.05) is 13.3 Å². The molecule has 1 aromatic rings. The van der Waals surface area contributed by atoms with Crippen LogP contribution in [0.15, 0.2) is 9.31 Å². The van der Waals surface area contributed by atoms with Gasteiger partial charge in [-0.25, -0.2) is 8.42 Å². The van der Waals surface area contributed by atoms with Crippen molar-refractivity contribution >= 4 is 10.0 Å². The van der Waals surface area contributed by atoms with Crippen LogP contribution >= 0.6 is 0 Å². The molecule has 19 heavy (non-hydrogen) atoms. The molecule has 2 heterocycles. The first-order valence-corrected chi connectivity index (χ1v) is 8.05. The number of hydrogen-bond donors (Lipinski definition) is 1. The van der Waals surface area contributed by atoms with Crippen molar-refractivity contribution in [3.8, 4) is 0 Å². The molecule has 1 unspecified atom stereocenters. The number of aliphatic hydroxyl groups excluding tert-OH is 1. The fourth-order valence-electron chi connectivity index (χ4n) is 2.71. The average molecular weight is 287 g/mol. The van der Waals surface area contributed by atoms with E-state index in [4.69, 9.17) is 4.42 Å². The van der Waals surface area contributed by atoms with Gasteiger partial charge in [0, 0.05) is 18.7 Å². The van der Waals surface area contributed by atoms with Gasteiger partial charge in [0.05, 0.1) is 6.61 Å². The Hall–Kier alpha value is -0.850. The Morgan fingerprint density at radius 3 is 2.58 bits per heavy atom. The number of nitrogens with zero attached hydrogens (tertiary/aromatic N) is 1. The lowest BCUT2D eigenvalue weighted by atomic mass is 10.1. The van der Waals surface area contributed by atoms with Crippen LogP contribution in [0.4, 0.5) is 0 Å². The van der Waals surface area contributed by atoms with Crippen molar-refractivity contribution in [2.75, 3.05) is 13.1 Å². The highest BCUT2D eigenvalue weighted by Crippen LogP contribution is 2.32. The van der Waals surface area contributed by atoms with Crippen molar-refractivity contribution in [1.82, 2.24) is 4.31 Å². The lowest BCUT2D eigenvalue weighted by Gasteiger charge is -2.16. The first-order chi connectivity index (χ1) is 8.91. The monoisotopic (exact) mass is 287 g/mol. The molecule has 108 valence electrons. The summed E-state index contributed by atoms with van der Waals surface area (Å²) in [7, 11) is -3.55. The zero-order chi connectivity index (χ0) is 14.2. The van der Waals surface area contributed by atoms with Crippen LogP contribution in [0.3, 0.4) is 0 Å². The molecular formula is C13H21NO4S. The summed E-state index contributed by atoms with van der Waals surface area (Å²) in [4.78, 5) is 0.157. The number of aliphatic hydroxyl groups is 1. The van der Waals surface area contributed by atoms with Gasteiger partial charge in [0.1, 0.15) is 16.4 Å². The summed E-state index contributed by atoms with van der Waals surface area (Å²) >= 11 is 0. The molecule has 0 saturated carbocycles. The first kappa shape index (κ1) is 14.6. The largest absolute Gasteiger partial charge is 0.465 e. The van der Waals surface area contributed by atoms with Crippen LogP contribution < -0.4 is 0 Å². The quantitative estimate of drug-likeness (QED) is 0.917. The number of aryl methyl sites for hydroxylation is 2. The number of rotatable bonds is 4. The zero-order valence-corrected chi connectivity index (χ0v) is 12.5. The zero-order valence-electron chi connectivity index (χ0n) is 11.6. The van der Waals surface area contributed by atoms with Crippen molar-refractivity contribution in [3.05, 3.63) is 17.1 Å². The van der Waals surface area contributed by atoms with Crippen molar-refractivity contribution < 1.29 is 17.9 Å². The van der Waals surface area contributed by atoms with E-state index in [0.717, 1.165) is 12.8 Å². The van der Waals surface area contributed by atoms with E-state index in [9.17, 15) is 13.5 Å². The van der Waals surface area contributed by atoms with Crippen LogP contribution in [-0.2, 0) is 16.6 Å². The molecule has 2 rings (SSSR count). The van der Waals surface area contributed by atoms with Gasteiger partial charge in [0.15, 0.2) is 0 Å². The summed E-state index contributed by atoms with van der Waals surface area (Å²) in [5, 5.41) is 9.37. The summed E-state index contributed by atoms with van der Waals surface area (Å²) in [6.07, 6.45) is 1.89. The summed E-state index contributed by atoms with van der Waals surface area (Å²) in [5.41, 5.74) is 0.387. The third-order valence-corrected chi connectivity index (χ3v) is 5.97. The van der Waals surface area contributed by atoms with Gasteiger partial charge in [-0.3, -0.25) is 0 Å². The minimum absolute atomic E-state index is 0.157. The minimum atomic E-state index is -3.55. The van der Waals surface area contributed by atoms with E-state index >= 15 is 0 Å². The molecule has 0 aromatic carbocycles. The highest BCUT2D eigenvalue weighted by Gasteiger charge is 2.36. The van der Waals surface area contributed by atoms with Gasteiger partial charge in [0.2, 0.25) is 10.0 Å². The topological polar surface area (TPSA) is 70.8 Å². The molecule has 0 radical (unpaired) electrons. The molecule has 1 aromatic heterocycles. The Morgan fingerprint density at radius 2 is 2.05 bits per heavy atom. The maximum absolute atomic E-state index is 12.7. The van der Waals surface area contributed by atoms with Gasteiger partial charge >= 0.3 is 0 Å². The Morgan fingerprint density at radius 1 is 1.37 bits per heavy atom. The maximum Gasteiger partial charge on any atom is 0.246 e. The van der Waals surface area contributed by atoms with Crippen LogP contribution in [0.2, 0.25) is 0 Å².